The Balaban J connectivity index is 1.89. The molecule has 5 heteroatoms. The summed E-state index contributed by atoms with van der Waals surface area (Å²) in [4.78, 5) is 1.85. The molecule has 1 aromatic heterocycles. The molecule has 0 N–H and O–H groups in total. The third kappa shape index (κ3) is 2.28. The highest BCUT2D eigenvalue weighted by atomic mass is 32.1. The summed E-state index contributed by atoms with van der Waals surface area (Å²) in [6, 6.07) is 11.5. The molecule has 0 saturated heterocycles. The van der Waals surface area contributed by atoms with Crippen molar-refractivity contribution < 1.29 is 9.15 Å². The van der Waals surface area contributed by atoms with E-state index in [1.807, 2.05) is 54.4 Å². The van der Waals surface area contributed by atoms with Gasteiger partial charge in [0.25, 0.3) is 0 Å². The minimum Gasteiger partial charge on any atom is -0.497 e. The molecule has 2 aromatic rings. The van der Waals surface area contributed by atoms with Crippen LogP contribution in [0.3, 0.4) is 0 Å². The van der Waals surface area contributed by atoms with Crippen molar-refractivity contribution >= 4 is 28.7 Å². The van der Waals surface area contributed by atoms with Crippen molar-refractivity contribution in [3.63, 3.8) is 0 Å². The highest BCUT2D eigenvalue weighted by Gasteiger charge is 2.23. The molecule has 1 aromatic carbocycles. The first kappa shape index (κ1) is 12.7. The van der Waals surface area contributed by atoms with E-state index in [0.717, 1.165) is 28.7 Å². The fraction of sp³-hybridized carbons (Fsp3) is 0.133. The number of benzene rings is 1. The van der Waals surface area contributed by atoms with Crippen molar-refractivity contribution in [2.24, 2.45) is 0 Å². The minimum atomic E-state index is 0.499. The second-order valence-electron chi connectivity index (χ2n) is 4.39. The first-order valence-electron chi connectivity index (χ1n) is 6.15. The summed E-state index contributed by atoms with van der Waals surface area (Å²) in [5.74, 6) is 2.38. The number of methoxy groups -OCH3 is 1. The van der Waals surface area contributed by atoms with Crippen LogP contribution in [0.1, 0.15) is 11.5 Å². The van der Waals surface area contributed by atoms with Gasteiger partial charge in [0.15, 0.2) is 5.76 Å². The standard InChI is InChI=1S/C15H13N2O2S/c1-10-3-8-14(19-10)13-9-17(15(20)16-13)11-4-6-12(18-2)7-5-11/h3-9H,1-2H3. The van der Waals surface area contributed by atoms with E-state index in [-0.39, 0.29) is 0 Å². The van der Waals surface area contributed by atoms with Crippen LogP contribution in [-0.4, -0.2) is 12.2 Å². The van der Waals surface area contributed by atoms with Gasteiger partial charge in [-0.05, 0) is 55.5 Å². The van der Waals surface area contributed by atoms with Gasteiger partial charge in [0.2, 0.25) is 5.11 Å². The molecule has 0 bridgehead atoms. The molecule has 101 valence electrons. The number of aryl methyl sites for hydroxylation is 1. The Labute approximate surface area is 122 Å². The largest absolute Gasteiger partial charge is 0.497 e. The van der Waals surface area contributed by atoms with Crippen LogP contribution in [0.4, 0.5) is 5.69 Å². The Morgan fingerprint density at radius 2 is 1.90 bits per heavy atom. The van der Waals surface area contributed by atoms with Crippen LogP contribution < -0.4 is 15.0 Å². The fourth-order valence-corrected chi connectivity index (χ4v) is 2.24. The van der Waals surface area contributed by atoms with Gasteiger partial charge in [0, 0.05) is 11.9 Å². The zero-order valence-corrected chi connectivity index (χ0v) is 12.0. The van der Waals surface area contributed by atoms with E-state index in [0.29, 0.717) is 5.11 Å². The van der Waals surface area contributed by atoms with Gasteiger partial charge in [-0.2, -0.15) is 0 Å². The van der Waals surface area contributed by atoms with E-state index in [4.69, 9.17) is 21.4 Å². The third-order valence-corrected chi connectivity index (χ3v) is 3.30. The van der Waals surface area contributed by atoms with E-state index in [1.54, 1.807) is 7.11 Å². The predicted molar refractivity (Wildman–Crippen MR) is 81.6 cm³/mol. The maximum atomic E-state index is 5.57. The second-order valence-corrected chi connectivity index (χ2v) is 4.75. The van der Waals surface area contributed by atoms with Gasteiger partial charge in [-0.25, -0.2) is 5.32 Å². The molecule has 0 aliphatic carbocycles. The Hall–Kier alpha value is -2.27. The van der Waals surface area contributed by atoms with Crippen molar-refractivity contribution in [1.29, 1.82) is 0 Å². The highest BCUT2D eigenvalue weighted by Crippen LogP contribution is 2.27. The number of nitrogens with zero attached hydrogens (tertiary/aromatic N) is 2. The number of hydrogen-bond donors (Lipinski definition) is 0. The molecule has 0 amide bonds. The molecule has 20 heavy (non-hydrogen) atoms. The quantitative estimate of drug-likeness (QED) is 0.811. The monoisotopic (exact) mass is 285 g/mol. The number of rotatable bonds is 3. The van der Waals surface area contributed by atoms with Crippen LogP contribution in [0, 0.1) is 6.92 Å². The average Bonchev–Trinajstić information content (AvgIpc) is 3.05. The van der Waals surface area contributed by atoms with E-state index >= 15 is 0 Å². The molecule has 0 fully saturated rings. The molecule has 0 spiro atoms. The lowest BCUT2D eigenvalue weighted by Crippen LogP contribution is -2.23. The van der Waals surface area contributed by atoms with Gasteiger partial charge in [0.1, 0.15) is 17.2 Å². The van der Waals surface area contributed by atoms with Gasteiger partial charge < -0.3 is 9.15 Å². The Morgan fingerprint density at radius 1 is 1.15 bits per heavy atom. The lowest BCUT2D eigenvalue weighted by Gasteiger charge is -2.14. The predicted octanol–water partition coefficient (Wildman–Crippen LogP) is 3.30. The summed E-state index contributed by atoms with van der Waals surface area (Å²) in [6.07, 6.45) is 1.88. The van der Waals surface area contributed by atoms with E-state index in [2.05, 4.69) is 5.32 Å². The van der Waals surface area contributed by atoms with Gasteiger partial charge >= 0.3 is 0 Å². The summed E-state index contributed by atoms with van der Waals surface area (Å²) in [7, 11) is 1.64. The van der Waals surface area contributed by atoms with E-state index < -0.39 is 0 Å². The van der Waals surface area contributed by atoms with Gasteiger partial charge in [-0.3, -0.25) is 4.90 Å². The molecule has 1 radical (unpaired) electrons. The van der Waals surface area contributed by atoms with Crippen molar-refractivity contribution in [3.8, 4) is 5.75 Å². The van der Waals surface area contributed by atoms with E-state index in [9.17, 15) is 0 Å². The number of furan rings is 1. The van der Waals surface area contributed by atoms with Crippen LogP contribution in [0.15, 0.2) is 47.0 Å². The SMILES string of the molecule is COc1ccc(N2C=C(c3ccc(C)o3)[N]C2=S)cc1. The van der Waals surface area contributed by atoms with Crippen LogP contribution in [-0.2, 0) is 0 Å². The molecule has 0 atom stereocenters. The van der Waals surface area contributed by atoms with Crippen molar-refractivity contribution in [3.05, 3.63) is 54.1 Å². The second kappa shape index (κ2) is 5.02. The lowest BCUT2D eigenvalue weighted by molar-refractivity contribution is 0.415. The number of thiocarbonyl (C=S) groups is 1. The van der Waals surface area contributed by atoms with Crippen LogP contribution in [0.25, 0.3) is 5.70 Å². The Kier molecular flexibility index (Phi) is 3.20. The number of anilines is 1. The van der Waals surface area contributed by atoms with Gasteiger partial charge in [0.05, 0.1) is 7.11 Å². The first-order valence-corrected chi connectivity index (χ1v) is 6.56. The van der Waals surface area contributed by atoms with E-state index in [1.165, 1.54) is 0 Å². The maximum absolute atomic E-state index is 5.57. The van der Waals surface area contributed by atoms with Crippen molar-refractivity contribution in [2.75, 3.05) is 12.0 Å². The third-order valence-electron chi connectivity index (χ3n) is 3.02. The first-order chi connectivity index (χ1) is 9.67. The molecular formula is C15H13N2O2S. The van der Waals surface area contributed by atoms with Crippen LogP contribution in [0.5, 0.6) is 5.75 Å². The summed E-state index contributed by atoms with van der Waals surface area (Å²) in [6.45, 7) is 1.90. The molecule has 0 unspecified atom stereocenters. The van der Waals surface area contributed by atoms with Gasteiger partial charge in [-0.1, -0.05) is 0 Å². The van der Waals surface area contributed by atoms with Crippen LogP contribution in [0.2, 0.25) is 0 Å². The number of ether oxygens (including phenoxy) is 1. The van der Waals surface area contributed by atoms with Crippen molar-refractivity contribution in [1.82, 2.24) is 5.32 Å². The normalized spacial score (nSPS) is 14.2. The Bertz CT molecular complexity index is 673. The smallest absolute Gasteiger partial charge is 0.204 e. The van der Waals surface area contributed by atoms with Crippen molar-refractivity contribution in [2.45, 2.75) is 6.92 Å². The molecule has 0 saturated carbocycles. The average molecular weight is 285 g/mol. The number of hydrogen-bond acceptors (Lipinski definition) is 3. The summed E-state index contributed by atoms with van der Waals surface area (Å²) >= 11 is 5.30. The Morgan fingerprint density at radius 3 is 2.50 bits per heavy atom. The highest BCUT2D eigenvalue weighted by molar-refractivity contribution is 7.80. The topological polar surface area (TPSA) is 39.7 Å². The summed E-state index contributed by atoms with van der Waals surface area (Å²) in [5, 5.41) is 4.87. The van der Waals surface area contributed by atoms with Crippen LogP contribution >= 0.6 is 12.2 Å². The summed E-state index contributed by atoms with van der Waals surface area (Å²) in [5.41, 5.74) is 1.68. The van der Waals surface area contributed by atoms with Gasteiger partial charge in [-0.15, -0.1) is 0 Å². The minimum absolute atomic E-state index is 0.499. The fourth-order valence-electron chi connectivity index (χ4n) is 1.98. The molecule has 3 rings (SSSR count). The molecule has 1 aliphatic heterocycles. The lowest BCUT2D eigenvalue weighted by atomic mass is 10.3. The maximum Gasteiger partial charge on any atom is 0.204 e. The summed E-state index contributed by atoms with van der Waals surface area (Å²) < 4.78 is 10.7. The molecule has 2 heterocycles. The zero-order valence-electron chi connectivity index (χ0n) is 11.2. The molecule has 1 aliphatic rings. The zero-order chi connectivity index (χ0) is 14.1. The molecular weight excluding hydrogens is 272 g/mol. The molecule has 4 nitrogen and oxygen atoms in total.